The fourth-order valence-electron chi connectivity index (χ4n) is 1.88. The van der Waals surface area contributed by atoms with Gasteiger partial charge in [-0.2, -0.15) is 5.10 Å². The Bertz CT molecular complexity index is 560. The molecule has 0 fully saturated rings. The van der Waals surface area contributed by atoms with Gasteiger partial charge in [-0.25, -0.2) is 0 Å². The summed E-state index contributed by atoms with van der Waals surface area (Å²) in [5, 5.41) is 14.8. The van der Waals surface area contributed by atoms with Gasteiger partial charge in [0.2, 0.25) is 0 Å². The Balaban J connectivity index is 2.04. The summed E-state index contributed by atoms with van der Waals surface area (Å²) >= 11 is 0. The van der Waals surface area contributed by atoms with Crippen LogP contribution < -0.4 is 5.73 Å². The first-order valence-corrected chi connectivity index (χ1v) is 6.05. The number of hydrogen-bond acceptors (Lipinski definition) is 4. The molecule has 6 nitrogen and oxygen atoms in total. The lowest BCUT2D eigenvalue weighted by atomic mass is 10.1. The Labute approximate surface area is 111 Å². The zero-order valence-corrected chi connectivity index (χ0v) is 10.7. The van der Waals surface area contributed by atoms with E-state index in [0.717, 1.165) is 17.5 Å². The molecule has 1 aromatic carbocycles. The summed E-state index contributed by atoms with van der Waals surface area (Å²) in [6.45, 7) is 2.55. The molecule has 19 heavy (non-hydrogen) atoms. The molecule has 2 aromatic rings. The molecule has 0 saturated heterocycles. The summed E-state index contributed by atoms with van der Waals surface area (Å²) in [5.41, 5.74) is 7.90. The zero-order valence-electron chi connectivity index (χ0n) is 10.7. The molecular weight excluding hydrogens is 244 g/mol. The first-order chi connectivity index (χ1) is 9.04. The Morgan fingerprint density at radius 2 is 2.05 bits per heavy atom. The van der Waals surface area contributed by atoms with E-state index in [9.17, 15) is 10.1 Å². The highest BCUT2D eigenvalue weighted by atomic mass is 16.6. The predicted octanol–water partition coefficient (Wildman–Crippen LogP) is 1.73. The molecule has 0 aliphatic carbocycles. The van der Waals surface area contributed by atoms with Crippen molar-refractivity contribution in [2.75, 3.05) is 0 Å². The van der Waals surface area contributed by atoms with Gasteiger partial charge in [0.25, 0.3) is 5.69 Å². The molecular formula is C13H16N4O2. The predicted molar refractivity (Wildman–Crippen MR) is 71.8 cm³/mol. The lowest BCUT2D eigenvalue weighted by molar-refractivity contribution is -0.384. The number of nitro benzene ring substituents is 1. The number of rotatable bonds is 5. The molecule has 0 aliphatic heterocycles. The molecule has 100 valence electrons. The maximum absolute atomic E-state index is 10.6. The van der Waals surface area contributed by atoms with Crippen molar-refractivity contribution in [1.29, 1.82) is 0 Å². The number of hydrogen-bond donors (Lipinski definition) is 1. The molecule has 1 unspecified atom stereocenters. The number of nitrogens with zero attached hydrogens (tertiary/aromatic N) is 3. The average Bonchev–Trinajstić information content (AvgIpc) is 2.76. The summed E-state index contributed by atoms with van der Waals surface area (Å²) in [6, 6.07) is 6.59. The van der Waals surface area contributed by atoms with E-state index in [0.29, 0.717) is 6.54 Å². The van der Waals surface area contributed by atoms with Crippen LogP contribution in [-0.4, -0.2) is 20.7 Å². The van der Waals surface area contributed by atoms with Crippen molar-refractivity contribution in [3.8, 4) is 0 Å². The van der Waals surface area contributed by atoms with E-state index in [1.165, 1.54) is 12.1 Å². The van der Waals surface area contributed by atoms with Crippen LogP contribution in [0.1, 0.15) is 18.1 Å². The molecule has 6 heteroatoms. The van der Waals surface area contributed by atoms with E-state index in [2.05, 4.69) is 5.10 Å². The van der Waals surface area contributed by atoms with Gasteiger partial charge in [-0.15, -0.1) is 0 Å². The van der Waals surface area contributed by atoms with Gasteiger partial charge in [0.15, 0.2) is 0 Å². The van der Waals surface area contributed by atoms with Gasteiger partial charge in [0.1, 0.15) is 0 Å². The molecule has 0 radical (unpaired) electrons. The maximum Gasteiger partial charge on any atom is 0.269 e. The summed E-state index contributed by atoms with van der Waals surface area (Å²) in [6.07, 6.45) is 4.54. The highest BCUT2D eigenvalue weighted by Gasteiger charge is 2.05. The van der Waals surface area contributed by atoms with Crippen LogP contribution in [0, 0.1) is 10.1 Å². The van der Waals surface area contributed by atoms with Crippen molar-refractivity contribution in [2.24, 2.45) is 5.73 Å². The van der Waals surface area contributed by atoms with Crippen LogP contribution in [0.15, 0.2) is 36.7 Å². The number of non-ortho nitro benzene ring substituents is 1. The summed E-state index contributed by atoms with van der Waals surface area (Å²) in [7, 11) is 0. The largest absolute Gasteiger partial charge is 0.328 e. The third-order valence-corrected chi connectivity index (χ3v) is 2.74. The lowest BCUT2D eigenvalue weighted by Gasteiger charge is -2.02. The first-order valence-electron chi connectivity index (χ1n) is 6.05. The molecule has 1 atom stereocenters. The standard InChI is InChI=1S/C13H16N4O2/c1-10(14)6-12-7-15-16(9-12)8-11-2-4-13(5-3-11)17(18)19/h2-5,7,9-10H,6,8,14H2,1H3. The van der Waals surface area contributed by atoms with Gasteiger partial charge in [0, 0.05) is 24.4 Å². The van der Waals surface area contributed by atoms with Gasteiger partial charge in [-0.05, 0) is 24.5 Å². The SMILES string of the molecule is CC(N)Cc1cnn(Cc2ccc([N+](=O)[O-])cc2)c1. The quantitative estimate of drug-likeness (QED) is 0.655. The van der Waals surface area contributed by atoms with Crippen molar-refractivity contribution in [2.45, 2.75) is 25.9 Å². The molecule has 2 N–H and O–H groups in total. The van der Waals surface area contributed by atoms with Crippen LogP contribution >= 0.6 is 0 Å². The second kappa shape index (κ2) is 5.62. The van der Waals surface area contributed by atoms with Crippen molar-refractivity contribution in [3.05, 3.63) is 57.9 Å². The second-order valence-electron chi connectivity index (χ2n) is 4.65. The normalized spacial score (nSPS) is 12.3. The fraction of sp³-hybridized carbons (Fsp3) is 0.308. The van der Waals surface area contributed by atoms with E-state index < -0.39 is 4.92 Å². The third kappa shape index (κ3) is 3.62. The van der Waals surface area contributed by atoms with E-state index in [4.69, 9.17) is 5.73 Å². The second-order valence-corrected chi connectivity index (χ2v) is 4.65. The molecule has 1 aromatic heterocycles. The molecule has 0 saturated carbocycles. The smallest absolute Gasteiger partial charge is 0.269 e. The summed E-state index contributed by atoms with van der Waals surface area (Å²) < 4.78 is 1.80. The minimum Gasteiger partial charge on any atom is -0.328 e. The maximum atomic E-state index is 10.6. The zero-order chi connectivity index (χ0) is 13.8. The van der Waals surface area contributed by atoms with Crippen LogP contribution in [0.3, 0.4) is 0 Å². The van der Waals surface area contributed by atoms with Crippen LogP contribution in [0.4, 0.5) is 5.69 Å². The topological polar surface area (TPSA) is 87.0 Å². The number of aromatic nitrogens is 2. The summed E-state index contributed by atoms with van der Waals surface area (Å²) in [4.78, 5) is 10.1. The average molecular weight is 260 g/mol. The monoisotopic (exact) mass is 260 g/mol. The first kappa shape index (κ1) is 13.2. The Kier molecular flexibility index (Phi) is 3.91. The van der Waals surface area contributed by atoms with E-state index in [-0.39, 0.29) is 11.7 Å². The number of benzene rings is 1. The van der Waals surface area contributed by atoms with E-state index in [1.54, 1.807) is 23.0 Å². The summed E-state index contributed by atoms with van der Waals surface area (Å²) in [5.74, 6) is 0. The van der Waals surface area contributed by atoms with Crippen molar-refractivity contribution in [3.63, 3.8) is 0 Å². The Morgan fingerprint density at radius 3 is 2.63 bits per heavy atom. The van der Waals surface area contributed by atoms with Crippen LogP contribution in [0.2, 0.25) is 0 Å². The van der Waals surface area contributed by atoms with E-state index >= 15 is 0 Å². The highest BCUT2D eigenvalue weighted by molar-refractivity contribution is 5.32. The Morgan fingerprint density at radius 1 is 1.37 bits per heavy atom. The molecule has 0 spiro atoms. The minimum absolute atomic E-state index is 0.0989. The minimum atomic E-state index is -0.404. The highest BCUT2D eigenvalue weighted by Crippen LogP contribution is 2.13. The van der Waals surface area contributed by atoms with Crippen molar-refractivity contribution < 1.29 is 4.92 Å². The van der Waals surface area contributed by atoms with E-state index in [1.807, 2.05) is 13.1 Å². The van der Waals surface area contributed by atoms with Gasteiger partial charge < -0.3 is 5.73 Å². The van der Waals surface area contributed by atoms with Crippen molar-refractivity contribution >= 4 is 5.69 Å². The van der Waals surface area contributed by atoms with Crippen LogP contribution in [0.25, 0.3) is 0 Å². The Hall–Kier alpha value is -2.21. The van der Waals surface area contributed by atoms with Crippen LogP contribution in [0.5, 0.6) is 0 Å². The van der Waals surface area contributed by atoms with Gasteiger partial charge in [-0.3, -0.25) is 14.8 Å². The third-order valence-electron chi connectivity index (χ3n) is 2.74. The number of nitro groups is 1. The molecule has 0 bridgehead atoms. The van der Waals surface area contributed by atoms with Crippen molar-refractivity contribution in [1.82, 2.24) is 9.78 Å². The molecule has 2 rings (SSSR count). The van der Waals surface area contributed by atoms with Crippen LogP contribution in [-0.2, 0) is 13.0 Å². The number of nitrogens with two attached hydrogens (primary N) is 1. The molecule has 0 amide bonds. The molecule has 0 aliphatic rings. The fourth-order valence-corrected chi connectivity index (χ4v) is 1.88. The van der Waals surface area contributed by atoms with Gasteiger partial charge in [-0.1, -0.05) is 12.1 Å². The lowest BCUT2D eigenvalue weighted by Crippen LogP contribution is -2.17. The van der Waals surface area contributed by atoms with Gasteiger partial charge >= 0.3 is 0 Å². The molecule has 1 heterocycles. The van der Waals surface area contributed by atoms with Gasteiger partial charge in [0.05, 0.1) is 17.7 Å².